The third-order valence-electron chi connectivity index (χ3n) is 3.74. The molecule has 5 nitrogen and oxygen atoms in total. The maximum atomic E-state index is 5.34. The molecule has 0 saturated carbocycles. The topological polar surface area (TPSA) is 45.4 Å². The number of rotatable bonds is 6. The molecule has 1 saturated heterocycles. The van der Waals surface area contributed by atoms with Gasteiger partial charge in [0, 0.05) is 36.8 Å². The molecule has 0 unspecified atom stereocenters. The van der Waals surface area contributed by atoms with Crippen LogP contribution in [-0.4, -0.2) is 35.2 Å². The van der Waals surface area contributed by atoms with Gasteiger partial charge in [0.2, 0.25) is 0 Å². The molecule has 6 heteroatoms. The average molecular weight is 306 g/mol. The van der Waals surface area contributed by atoms with Crippen LogP contribution >= 0.6 is 11.3 Å². The van der Waals surface area contributed by atoms with E-state index in [0.717, 1.165) is 44.1 Å². The van der Waals surface area contributed by atoms with E-state index in [9.17, 15) is 0 Å². The molecule has 1 fully saturated rings. The molecule has 3 heterocycles. The second kappa shape index (κ2) is 6.58. The highest BCUT2D eigenvalue weighted by Gasteiger charge is 2.16. The van der Waals surface area contributed by atoms with Gasteiger partial charge < -0.3 is 9.42 Å². The Balaban J connectivity index is 1.55. The number of hydrogen-bond donors (Lipinski definition) is 0. The molecule has 0 aliphatic carbocycles. The summed E-state index contributed by atoms with van der Waals surface area (Å²) in [6.07, 6.45) is 5.51. The third-order valence-corrected chi connectivity index (χ3v) is 4.78. The predicted octanol–water partition coefficient (Wildman–Crippen LogP) is 2.93. The number of anilines is 1. The van der Waals surface area contributed by atoms with Gasteiger partial charge in [0.1, 0.15) is 0 Å². The average Bonchev–Trinajstić information content (AvgIpc) is 3.19. The predicted molar refractivity (Wildman–Crippen MR) is 84.6 cm³/mol. The molecule has 0 N–H and O–H groups in total. The molecule has 2 aromatic heterocycles. The van der Waals surface area contributed by atoms with Gasteiger partial charge in [0.15, 0.2) is 10.9 Å². The van der Waals surface area contributed by atoms with E-state index >= 15 is 0 Å². The Labute approximate surface area is 129 Å². The van der Waals surface area contributed by atoms with Crippen molar-refractivity contribution in [2.75, 3.05) is 25.0 Å². The third kappa shape index (κ3) is 3.63. The summed E-state index contributed by atoms with van der Waals surface area (Å²) in [7, 11) is 2.10. The zero-order valence-electron chi connectivity index (χ0n) is 12.7. The van der Waals surface area contributed by atoms with E-state index in [1.165, 1.54) is 22.9 Å². The summed E-state index contributed by atoms with van der Waals surface area (Å²) in [5.74, 6) is 0.929. The van der Waals surface area contributed by atoms with E-state index in [1.54, 1.807) is 11.3 Å². The molecule has 0 atom stereocenters. The second-order valence-electron chi connectivity index (χ2n) is 5.61. The fourth-order valence-corrected chi connectivity index (χ4v) is 3.65. The number of aromatic nitrogens is 2. The lowest BCUT2D eigenvalue weighted by Crippen LogP contribution is -2.17. The number of aryl methyl sites for hydroxylation is 1. The van der Waals surface area contributed by atoms with Crippen LogP contribution in [0.5, 0.6) is 0 Å². The Kier molecular flexibility index (Phi) is 4.55. The molecule has 0 bridgehead atoms. The second-order valence-corrected chi connectivity index (χ2v) is 6.71. The van der Waals surface area contributed by atoms with E-state index in [1.807, 2.05) is 12.3 Å². The van der Waals surface area contributed by atoms with Gasteiger partial charge in [-0.3, -0.25) is 4.90 Å². The van der Waals surface area contributed by atoms with Gasteiger partial charge in [-0.2, -0.15) is 0 Å². The Morgan fingerprint density at radius 2 is 2.14 bits per heavy atom. The lowest BCUT2D eigenvalue weighted by atomic mass is 10.3. The van der Waals surface area contributed by atoms with Crippen molar-refractivity contribution < 1.29 is 4.52 Å². The van der Waals surface area contributed by atoms with Crippen molar-refractivity contribution in [2.24, 2.45) is 0 Å². The minimum atomic E-state index is 0.782. The van der Waals surface area contributed by atoms with Gasteiger partial charge in [-0.15, -0.1) is 11.3 Å². The monoisotopic (exact) mass is 306 g/mol. The highest BCUT2D eigenvalue weighted by atomic mass is 32.1. The zero-order chi connectivity index (χ0) is 14.7. The summed E-state index contributed by atoms with van der Waals surface area (Å²) >= 11 is 1.81. The van der Waals surface area contributed by atoms with Crippen molar-refractivity contribution in [3.8, 4) is 0 Å². The first-order valence-corrected chi connectivity index (χ1v) is 8.39. The maximum Gasteiger partial charge on any atom is 0.185 e. The van der Waals surface area contributed by atoms with E-state index in [0.29, 0.717) is 0 Å². The molecule has 2 aromatic rings. The van der Waals surface area contributed by atoms with Crippen LogP contribution in [0.15, 0.2) is 16.8 Å². The molecule has 21 heavy (non-hydrogen) atoms. The molecular weight excluding hydrogens is 284 g/mol. The highest BCUT2D eigenvalue weighted by molar-refractivity contribution is 7.15. The van der Waals surface area contributed by atoms with Crippen molar-refractivity contribution in [3.63, 3.8) is 0 Å². The van der Waals surface area contributed by atoms with Crippen molar-refractivity contribution in [1.82, 2.24) is 15.0 Å². The number of hydrogen-bond acceptors (Lipinski definition) is 6. The van der Waals surface area contributed by atoms with E-state index in [-0.39, 0.29) is 0 Å². The van der Waals surface area contributed by atoms with Crippen molar-refractivity contribution in [2.45, 2.75) is 39.3 Å². The van der Waals surface area contributed by atoms with Crippen molar-refractivity contribution in [3.05, 3.63) is 28.6 Å². The fourth-order valence-electron chi connectivity index (χ4n) is 2.61. The first-order chi connectivity index (χ1) is 10.2. The Hall–Kier alpha value is -1.40. The van der Waals surface area contributed by atoms with E-state index in [2.05, 4.69) is 33.9 Å². The van der Waals surface area contributed by atoms with Gasteiger partial charge in [-0.25, -0.2) is 4.98 Å². The largest absolute Gasteiger partial charge is 0.360 e. The van der Waals surface area contributed by atoms with Gasteiger partial charge in [0.05, 0.1) is 12.2 Å². The Morgan fingerprint density at radius 1 is 1.33 bits per heavy atom. The molecule has 0 amide bonds. The van der Waals surface area contributed by atoms with Crippen molar-refractivity contribution in [1.29, 1.82) is 0 Å². The molecule has 1 aliphatic heterocycles. The highest BCUT2D eigenvalue weighted by Crippen LogP contribution is 2.26. The SMILES string of the molecule is CCc1cc(CN(C)Cc2cnc(N3CCCC3)s2)on1. The Bertz CT molecular complexity index is 574. The van der Waals surface area contributed by atoms with Crippen LogP contribution in [0, 0.1) is 0 Å². The summed E-state index contributed by atoms with van der Waals surface area (Å²) in [5.41, 5.74) is 1.02. The zero-order valence-corrected chi connectivity index (χ0v) is 13.5. The van der Waals surface area contributed by atoms with Crippen molar-refractivity contribution >= 4 is 16.5 Å². The summed E-state index contributed by atoms with van der Waals surface area (Å²) < 4.78 is 5.34. The molecule has 0 aromatic carbocycles. The summed E-state index contributed by atoms with van der Waals surface area (Å²) in [6, 6.07) is 2.04. The first kappa shape index (κ1) is 14.5. The van der Waals surface area contributed by atoms with E-state index < -0.39 is 0 Å². The molecule has 114 valence electrons. The van der Waals surface area contributed by atoms with Crippen LogP contribution < -0.4 is 4.90 Å². The number of thiazole rings is 1. The van der Waals surface area contributed by atoms with Crippen LogP contribution in [0.1, 0.15) is 36.1 Å². The van der Waals surface area contributed by atoms with Gasteiger partial charge in [-0.05, 0) is 26.3 Å². The molecule has 0 spiro atoms. The number of nitrogens with zero attached hydrogens (tertiary/aromatic N) is 4. The standard InChI is InChI=1S/C15H22N4OS/c1-3-12-8-13(20-17-12)10-18(2)11-14-9-16-15(21-14)19-6-4-5-7-19/h8-9H,3-7,10-11H2,1-2H3. The minimum Gasteiger partial charge on any atom is -0.360 e. The molecule has 0 radical (unpaired) electrons. The van der Waals surface area contributed by atoms with Gasteiger partial charge in [0.25, 0.3) is 0 Å². The lowest BCUT2D eigenvalue weighted by Gasteiger charge is -2.14. The molecule has 3 rings (SSSR count). The van der Waals surface area contributed by atoms with Crippen LogP contribution in [0.3, 0.4) is 0 Å². The normalized spacial score (nSPS) is 15.3. The van der Waals surface area contributed by atoms with Crippen LogP contribution in [0.25, 0.3) is 0 Å². The Morgan fingerprint density at radius 3 is 2.86 bits per heavy atom. The molecule has 1 aliphatic rings. The summed E-state index contributed by atoms with van der Waals surface area (Å²) in [5, 5.41) is 5.20. The van der Waals surface area contributed by atoms with Gasteiger partial charge in [-0.1, -0.05) is 12.1 Å². The van der Waals surface area contributed by atoms with Crippen LogP contribution in [0.2, 0.25) is 0 Å². The smallest absolute Gasteiger partial charge is 0.185 e. The quantitative estimate of drug-likeness (QED) is 0.821. The summed E-state index contributed by atoms with van der Waals surface area (Å²) in [6.45, 7) is 6.07. The van der Waals surface area contributed by atoms with Gasteiger partial charge >= 0.3 is 0 Å². The maximum absolute atomic E-state index is 5.34. The minimum absolute atomic E-state index is 0.782. The lowest BCUT2D eigenvalue weighted by molar-refractivity contribution is 0.267. The van der Waals surface area contributed by atoms with Crippen LogP contribution in [-0.2, 0) is 19.5 Å². The summed E-state index contributed by atoms with van der Waals surface area (Å²) in [4.78, 5) is 10.5. The van der Waals surface area contributed by atoms with E-state index in [4.69, 9.17) is 4.52 Å². The first-order valence-electron chi connectivity index (χ1n) is 7.57. The van der Waals surface area contributed by atoms with Crippen LogP contribution in [0.4, 0.5) is 5.13 Å². The fraction of sp³-hybridized carbons (Fsp3) is 0.600. The molecular formula is C15H22N4OS.